The molecule has 0 aliphatic heterocycles. The maximum Gasteiger partial charge on any atom is 0.306 e. The summed E-state index contributed by atoms with van der Waals surface area (Å²) in [4.78, 5) is 28.8. The number of hydrogen-bond acceptors (Lipinski definition) is 3. The highest BCUT2D eigenvalue weighted by Crippen LogP contribution is 2.27. The van der Waals surface area contributed by atoms with Crippen LogP contribution in [0.5, 0.6) is 0 Å². The molecule has 1 heterocycles. The van der Waals surface area contributed by atoms with Crippen molar-refractivity contribution in [1.82, 2.24) is 10.3 Å². The van der Waals surface area contributed by atoms with E-state index in [1.165, 1.54) is 0 Å². The molecule has 3 aromatic carbocycles. The van der Waals surface area contributed by atoms with E-state index in [1.54, 1.807) is 0 Å². The van der Waals surface area contributed by atoms with E-state index in [2.05, 4.69) is 54.5 Å². The first kappa shape index (κ1) is 26.2. The molecule has 0 aliphatic rings. The minimum Gasteiger partial charge on any atom is -0.460 e. The molecule has 2 N–H and O–H groups in total. The molecule has 0 fully saturated rings. The quantitative estimate of drug-likeness (QED) is 0.273. The summed E-state index contributed by atoms with van der Waals surface area (Å²) in [5.74, 6) is -0.254. The average Bonchev–Trinajstić information content (AvgIpc) is 3.24. The number of aromatic nitrogens is 1. The summed E-state index contributed by atoms with van der Waals surface area (Å²) >= 11 is 0. The smallest absolute Gasteiger partial charge is 0.306 e. The first-order valence-electron chi connectivity index (χ1n) is 12.8. The molecule has 4 rings (SSSR count). The van der Waals surface area contributed by atoms with Gasteiger partial charge >= 0.3 is 5.97 Å². The number of hydrogen-bond donors (Lipinski definition) is 2. The SMILES string of the molecule is Cc1ccc(C)c(C(NC(=O)Cc2ccc3[nH]cc(CCC(=O)OC(C)(C)C)c3c2)c2ccccc2)c1. The van der Waals surface area contributed by atoms with Crippen LogP contribution in [0.1, 0.15) is 66.6 Å². The summed E-state index contributed by atoms with van der Waals surface area (Å²) in [5, 5.41) is 4.31. The highest BCUT2D eigenvalue weighted by atomic mass is 16.6. The van der Waals surface area contributed by atoms with Gasteiger partial charge in [0.25, 0.3) is 0 Å². The van der Waals surface area contributed by atoms with Gasteiger partial charge in [-0.05, 0) is 81.0 Å². The summed E-state index contributed by atoms with van der Waals surface area (Å²) in [5.41, 5.74) is 6.92. The number of nitrogens with one attached hydrogen (secondary N) is 2. The minimum atomic E-state index is -0.494. The van der Waals surface area contributed by atoms with Gasteiger partial charge in [0, 0.05) is 23.5 Å². The zero-order valence-corrected chi connectivity index (χ0v) is 22.4. The van der Waals surface area contributed by atoms with Crippen molar-refractivity contribution < 1.29 is 14.3 Å². The van der Waals surface area contributed by atoms with Gasteiger partial charge in [-0.1, -0.05) is 60.2 Å². The first-order chi connectivity index (χ1) is 17.6. The number of aryl methyl sites for hydroxylation is 3. The Labute approximate surface area is 219 Å². The fourth-order valence-electron chi connectivity index (χ4n) is 4.63. The number of fused-ring (bicyclic) bond motifs is 1. The Morgan fingerprint density at radius 2 is 1.73 bits per heavy atom. The van der Waals surface area contributed by atoms with Crippen molar-refractivity contribution >= 4 is 22.8 Å². The topological polar surface area (TPSA) is 71.2 Å². The van der Waals surface area contributed by atoms with Crippen LogP contribution in [0.3, 0.4) is 0 Å². The predicted molar refractivity (Wildman–Crippen MR) is 149 cm³/mol. The molecule has 0 spiro atoms. The van der Waals surface area contributed by atoms with Crippen molar-refractivity contribution in [2.75, 3.05) is 0 Å². The number of carbonyl (C=O) groups is 2. The number of aromatic amines is 1. The number of H-pyrrole nitrogens is 1. The second kappa shape index (κ2) is 11.0. The lowest BCUT2D eigenvalue weighted by Gasteiger charge is -2.22. The Morgan fingerprint density at radius 3 is 2.46 bits per heavy atom. The van der Waals surface area contributed by atoms with E-state index in [9.17, 15) is 9.59 Å². The van der Waals surface area contributed by atoms with Gasteiger partial charge in [0.15, 0.2) is 0 Å². The minimum absolute atomic E-state index is 0.0417. The molecule has 1 amide bonds. The van der Waals surface area contributed by atoms with Crippen LogP contribution in [0.2, 0.25) is 0 Å². The van der Waals surface area contributed by atoms with E-state index in [0.717, 1.165) is 44.3 Å². The maximum absolute atomic E-state index is 13.3. The summed E-state index contributed by atoms with van der Waals surface area (Å²) in [6.45, 7) is 9.76. The maximum atomic E-state index is 13.3. The van der Waals surface area contributed by atoms with Crippen LogP contribution in [0, 0.1) is 13.8 Å². The van der Waals surface area contributed by atoms with Crippen molar-refractivity contribution in [3.8, 4) is 0 Å². The molecule has 4 aromatic rings. The van der Waals surface area contributed by atoms with Crippen LogP contribution in [-0.2, 0) is 27.2 Å². The summed E-state index contributed by atoms with van der Waals surface area (Å²) in [7, 11) is 0. The van der Waals surface area contributed by atoms with Gasteiger partial charge in [-0.15, -0.1) is 0 Å². The van der Waals surface area contributed by atoms with Gasteiger partial charge in [0.2, 0.25) is 5.91 Å². The molecule has 1 atom stereocenters. The van der Waals surface area contributed by atoms with Crippen LogP contribution in [-0.4, -0.2) is 22.5 Å². The van der Waals surface area contributed by atoms with Gasteiger partial charge in [-0.3, -0.25) is 9.59 Å². The van der Waals surface area contributed by atoms with E-state index in [0.29, 0.717) is 12.8 Å². The Kier molecular flexibility index (Phi) is 7.82. The van der Waals surface area contributed by atoms with E-state index in [4.69, 9.17) is 4.74 Å². The molecule has 1 unspecified atom stereocenters. The third kappa shape index (κ3) is 6.88. The molecule has 5 nitrogen and oxygen atoms in total. The van der Waals surface area contributed by atoms with Crippen molar-refractivity contribution in [3.63, 3.8) is 0 Å². The molecular weight excluding hydrogens is 460 g/mol. The standard InChI is InChI=1S/C32H36N2O3/c1-21-11-12-22(2)26(17-21)31(24-9-7-6-8-10-24)34-29(35)19-23-13-15-28-27(18-23)25(20-33-28)14-16-30(36)37-32(3,4)5/h6-13,15,17-18,20,31,33H,14,16,19H2,1-5H3,(H,34,35). The predicted octanol–water partition coefficient (Wildman–Crippen LogP) is 6.51. The van der Waals surface area contributed by atoms with E-state index in [1.807, 2.05) is 63.4 Å². The molecule has 0 radical (unpaired) electrons. The molecule has 0 saturated carbocycles. The Morgan fingerprint density at radius 1 is 0.973 bits per heavy atom. The molecular formula is C32H36N2O3. The zero-order valence-electron chi connectivity index (χ0n) is 22.4. The third-order valence-corrected chi connectivity index (χ3v) is 6.40. The fourth-order valence-corrected chi connectivity index (χ4v) is 4.63. The van der Waals surface area contributed by atoms with Crippen molar-refractivity contribution in [1.29, 1.82) is 0 Å². The van der Waals surface area contributed by atoms with Crippen LogP contribution < -0.4 is 5.32 Å². The lowest BCUT2D eigenvalue weighted by atomic mass is 9.93. The monoisotopic (exact) mass is 496 g/mol. The summed E-state index contributed by atoms with van der Waals surface area (Å²) in [6.07, 6.45) is 3.09. The van der Waals surface area contributed by atoms with Crippen LogP contribution in [0.25, 0.3) is 10.9 Å². The highest BCUT2D eigenvalue weighted by molar-refractivity contribution is 5.86. The Balaban J connectivity index is 1.51. The average molecular weight is 497 g/mol. The van der Waals surface area contributed by atoms with E-state index < -0.39 is 5.60 Å². The second-order valence-corrected chi connectivity index (χ2v) is 10.7. The Bertz CT molecular complexity index is 1400. The van der Waals surface area contributed by atoms with Gasteiger partial charge < -0.3 is 15.0 Å². The number of rotatable bonds is 8. The number of benzene rings is 3. The molecule has 192 valence electrons. The number of carbonyl (C=O) groups excluding carboxylic acids is 2. The van der Waals surface area contributed by atoms with Gasteiger partial charge in [0.1, 0.15) is 5.60 Å². The molecule has 0 aliphatic carbocycles. The molecule has 1 aromatic heterocycles. The van der Waals surface area contributed by atoms with Crippen LogP contribution in [0.4, 0.5) is 0 Å². The van der Waals surface area contributed by atoms with Crippen LogP contribution >= 0.6 is 0 Å². The highest BCUT2D eigenvalue weighted by Gasteiger charge is 2.20. The van der Waals surface area contributed by atoms with Gasteiger partial charge in [-0.2, -0.15) is 0 Å². The third-order valence-electron chi connectivity index (χ3n) is 6.40. The number of amides is 1. The lowest BCUT2D eigenvalue weighted by Crippen LogP contribution is -2.31. The second-order valence-electron chi connectivity index (χ2n) is 10.7. The summed E-state index contributed by atoms with van der Waals surface area (Å²) < 4.78 is 5.45. The van der Waals surface area contributed by atoms with Crippen molar-refractivity contribution in [3.05, 3.63) is 106 Å². The Hall–Kier alpha value is -3.86. The first-order valence-corrected chi connectivity index (χ1v) is 12.8. The molecule has 37 heavy (non-hydrogen) atoms. The number of esters is 1. The van der Waals surface area contributed by atoms with Crippen LogP contribution in [0.15, 0.2) is 72.9 Å². The van der Waals surface area contributed by atoms with Gasteiger partial charge in [0.05, 0.1) is 12.5 Å². The lowest BCUT2D eigenvalue weighted by molar-refractivity contribution is -0.154. The fraction of sp³-hybridized carbons (Fsp3) is 0.312. The molecule has 5 heteroatoms. The van der Waals surface area contributed by atoms with Crippen molar-refractivity contribution in [2.45, 2.75) is 65.5 Å². The zero-order chi connectivity index (χ0) is 26.6. The van der Waals surface area contributed by atoms with Gasteiger partial charge in [-0.25, -0.2) is 0 Å². The van der Waals surface area contributed by atoms with Crippen molar-refractivity contribution in [2.24, 2.45) is 0 Å². The van der Waals surface area contributed by atoms with E-state index in [-0.39, 0.29) is 24.3 Å². The number of ether oxygens (including phenoxy) is 1. The normalized spacial score (nSPS) is 12.4. The molecule has 0 saturated heterocycles. The van der Waals surface area contributed by atoms with E-state index >= 15 is 0 Å². The summed E-state index contributed by atoms with van der Waals surface area (Å²) in [6, 6.07) is 22.2. The largest absolute Gasteiger partial charge is 0.460 e. The molecule has 0 bridgehead atoms.